The minimum atomic E-state index is -0.896. The molecule has 0 aliphatic carbocycles. The summed E-state index contributed by atoms with van der Waals surface area (Å²) in [5.74, 6) is -3.03. The molecule has 26 heavy (non-hydrogen) atoms. The van der Waals surface area contributed by atoms with Gasteiger partial charge in [0.1, 0.15) is 11.6 Å². The monoisotopic (exact) mass is 361 g/mol. The Morgan fingerprint density at radius 3 is 2.50 bits per heavy atom. The fourth-order valence-corrected chi connectivity index (χ4v) is 2.90. The lowest BCUT2D eigenvalue weighted by atomic mass is 9.97. The van der Waals surface area contributed by atoms with Gasteiger partial charge in [-0.2, -0.15) is 0 Å². The van der Waals surface area contributed by atoms with E-state index in [1.165, 1.54) is 35.2 Å². The molecule has 1 aliphatic rings. The molecule has 2 aromatic rings. The van der Waals surface area contributed by atoms with Crippen molar-refractivity contribution in [3.05, 3.63) is 59.7 Å². The van der Waals surface area contributed by atoms with Crippen molar-refractivity contribution >= 4 is 11.9 Å². The van der Waals surface area contributed by atoms with Gasteiger partial charge in [-0.15, -0.1) is 0 Å². The van der Waals surface area contributed by atoms with Gasteiger partial charge < -0.3 is 14.7 Å². The van der Waals surface area contributed by atoms with E-state index in [9.17, 15) is 18.4 Å². The van der Waals surface area contributed by atoms with E-state index in [2.05, 4.69) is 0 Å². The van der Waals surface area contributed by atoms with E-state index >= 15 is 0 Å². The Labute approximate surface area is 148 Å². The summed E-state index contributed by atoms with van der Waals surface area (Å²) in [5.41, 5.74) is 0.392. The fraction of sp³-hybridized carbons (Fsp3) is 0.263. The SMILES string of the molecule is O=C(O)[C@H]1CCCN(C(=O)c2ccc(Oc3ccc(F)cc3F)cc2)C1. The Morgan fingerprint density at radius 2 is 1.85 bits per heavy atom. The first kappa shape index (κ1) is 17.8. The second-order valence-corrected chi connectivity index (χ2v) is 6.13. The van der Waals surface area contributed by atoms with Crippen LogP contribution >= 0.6 is 0 Å². The number of halogens is 2. The van der Waals surface area contributed by atoms with Gasteiger partial charge in [-0.3, -0.25) is 9.59 Å². The summed E-state index contributed by atoms with van der Waals surface area (Å²) in [5, 5.41) is 9.12. The Morgan fingerprint density at radius 1 is 1.12 bits per heavy atom. The summed E-state index contributed by atoms with van der Waals surface area (Å²) in [6, 6.07) is 9.08. The maximum absolute atomic E-state index is 13.6. The average molecular weight is 361 g/mol. The van der Waals surface area contributed by atoms with Gasteiger partial charge >= 0.3 is 5.97 Å². The number of benzene rings is 2. The summed E-state index contributed by atoms with van der Waals surface area (Å²) in [6.45, 7) is 0.703. The summed E-state index contributed by atoms with van der Waals surface area (Å²) in [6.07, 6.45) is 1.21. The number of amides is 1. The highest BCUT2D eigenvalue weighted by Crippen LogP contribution is 2.26. The van der Waals surface area contributed by atoms with Crippen molar-refractivity contribution in [2.75, 3.05) is 13.1 Å². The van der Waals surface area contributed by atoms with Gasteiger partial charge in [0.2, 0.25) is 0 Å². The summed E-state index contributed by atoms with van der Waals surface area (Å²) >= 11 is 0. The molecule has 0 bridgehead atoms. The molecule has 2 aromatic carbocycles. The molecule has 0 aromatic heterocycles. The topological polar surface area (TPSA) is 66.8 Å². The standard InChI is InChI=1S/C19H17F2NO4/c20-14-5-8-17(16(21)10-14)26-15-6-3-12(4-7-15)18(23)22-9-1-2-13(11-22)19(24)25/h3-8,10,13H,1-2,9,11H2,(H,24,25)/t13-/m0/s1. The van der Waals surface area contributed by atoms with Gasteiger partial charge in [-0.1, -0.05) is 0 Å². The number of ether oxygens (including phenoxy) is 1. The van der Waals surface area contributed by atoms with Crippen LogP contribution in [0.1, 0.15) is 23.2 Å². The minimum absolute atomic E-state index is 0.120. The first-order valence-corrected chi connectivity index (χ1v) is 8.19. The van der Waals surface area contributed by atoms with Crippen LogP contribution in [0.4, 0.5) is 8.78 Å². The molecule has 1 atom stereocenters. The molecule has 0 spiro atoms. The van der Waals surface area contributed by atoms with Crippen molar-refractivity contribution in [2.45, 2.75) is 12.8 Å². The quantitative estimate of drug-likeness (QED) is 0.902. The molecule has 0 unspecified atom stereocenters. The number of carbonyl (C=O) groups is 2. The highest BCUT2D eigenvalue weighted by Gasteiger charge is 2.28. The molecule has 1 aliphatic heterocycles. The number of carbonyl (C=O) groups excluding carboxylic acids is 1. The summed E-state index contributed by atoms with van der Waals surface area (Å²) in [7, 11) is 0. The number of carboxylic acid groups (broad SMARTS) is 1. The number of carboxylic acids is 1. The summed E-state index contributed by atoms with van der Waals surface area (Å²) < 4.78 is 31.9. The highest BCUT2D eigenvalue weighted by atomic mass is 19.1. The van der Waals surface area contributed by atoms with E-state index in [1.807, 2.05) is 0 Å². The Bertz CT molecular complexity index is 823. The number of nitrogens with zero attached hydrogens (tertiary/aromatic N) is 1. The number of hydrogen-bond donors (Lipinski definition) is 1. The van der Waals surface area contributed by atoms with Crippen LogP contribution in [0.15, 0.2) is 42.5 Å². The van der Waals surface area contributed by atoms with Crippen molar-refractivity contribution in [3.8, 4) is 11.5 Å². The van der Waals surface area contributed by atoms with E-state index in [-0.39, 0.29) is 18.2 Å². The molecular weight excluding hydrogens is 344 g/mol. The van der Waals surface area contributed by atoms with Crippen molar-refractivity contribution in [1.29, 1.82) is 0 Å². The first-order chi connectivity index (χ1) is 12.4. The number of aliphatic carboxylic acids is 1. The van der Waals surface area contributed by atoms with Crippen LogP contribution in [0.3, 0.4) is 0 Å². The van der Waals surface area contributed by atoms with Gasteiger partial charge in [0.05, 0.1) is 5.92 Å². The Kier molecular flexibility index (Phi) is 5.16. The number of likely N-dealkylation sites (tertiary alicyclic amines) is 1. The zero-order valence-corrected chi connectivity index (χ0v) is 13.8. The third kappa shape index (κ3) is 3.99. The Hall–Kier alpha value is -2.96. The van der Waals surface area contributed by atoms with E-state index in [0.717, 1.165) is 12.1 Å². The lowest BCUT2D eigenvalue weighted by molar-refractivity contribution is -0.143. The van der Waals surface area contributed by atoms with Crippen LogP contribution in [0.5, 0.6) is 11.5 Å². The molecule has 1 N–H and O–H groups in total. The molecule has 7 heteroatoms. The third-order valence-corrected chi connectivity index (χ3v) is 4.28. The number of rotatable bonds is 4. The molecule has 0 saturated carbocycles. The van der Waals surface area contributed by atoms with E-state index < -0.39 is 23.5 Å². The van der Waals surface area contributed by atoms with Crippen molar-refractivity contribution in [3.63, 3.8) is 0 Å². The first-order valence-electron chi connectivity index (χ1n) is 8.19. The lowest BCUT2D eigenvalue weighted by Crippen LogP contribution is -2.42. The minimum Gasteiger partial charge on any atom is -0.481 e. The fourth-order valence-electron chi connectivity index (χ4n) is 2.90. The van der Waals surface area contributed by atoms with Gasteiger partial charge in [0, 0.05) is 24.7 Å². The Balaban J connectivity index is 1.69. The second kappa shape index (κ2) is 7.51. The van der Waals surface area contributed by atoms with Crippen LogP contribution < -0.4 is 4.74 Å². The average Bonchev–Trinajstić information content (AvgIpc) is 2.64. The summed E-state index contributed by atoms with van der Waals surface area (Å²) in [4.78, 5) is 25.2. The smallest absolute Gasteiger partial charge is 0.308 e. The molecule has 0 radical (unpaired) electrons. The maximum Gasteiger partial charge on any atom is 0.308 e. The van der Waals surface area contributed by atoms with Gasteiger partial charge in [-0.05, 0) is 49.2 Å². The predicted octanol–water partition coefficient (Wildman–Crippen LogP) is 3.69. The van der Waals surface area contributed by atoms with Crippen LogP contribution in [-0.4, -0.2) is 35.0 Å². The van der Waals surface area contributed by atoms with Crippen LogP contribution in [0.25, 0.3) is 0 Å². The third-order valence-electron chi connectivity index (χ3n) is 4.28. The number of piperidine rings is 1. The van der Waals surface area contributed by atoms with E-state index in [1.54, 1.807) is 0 Å². The zero-order chi connectivity index (χ0) is 18.7. The largest absolute Gasteiger partial charge is 0.481 e. The lowest BCUT2D eigenvalue weighted by Gasteiger charge is -2.30. The normalized spacial score (nSPS) is 17.0. The molecule has 136 valence electrons. The van der Waals surface area contributed by atoms with E-state index in [0.29, 0.717) is 30.7 Å². The predicted molar refractivity (Wildman–Crippen MR) is 89.1 cm³/mol. The maximum atomic E-state index is 13.6. The number of hydrogen-bond acceptors (Lipinski definition) is 3. The van der Waals surface area contributed by atoms with Crippen molar-refractivity contribution < 1.29 is 28.2 Å². The highest BCUT2D eigenvalue weighted by molar-refractivity contribution is 5.94. The van der Waals surface area contributed by atoms with Gasteiger partial charge in [0.15, 0.2) is 11.6 Å². The second-order valence-electron chi connectivity index (χ2n) is 6.13. The van der Waals surface area contributed by atoms with Crippen molar-refractivity contribution in [2.24, 2.45) is 5.92 Å². The molecule has 1 amide bonds. The molecule has 5 nitrogen and oxygen atoms in total. The van der Waals surface area contributed by atoms with Crippen LogP contribution in [-0.2, 0) is 4.79 Å². The molecule has 1 heterocycles. The molecular formula is C19H17F2NO4. The van der Waals surface area contributed by atoms with Crippen LogP contribution in [0.2, 0.25) is 0 Å². The van der Waals surface area contributed by atoms with E-state index in [4.69, 9.17) is 9.84 Å². The zero-order valence-electron chi connectivity index (χ0n) is 13.8. The van der Waals surface area contributed by atoms with Gasteiger partial charge in [0.25, 0.3) is 5.91 Å². The molecule has 1 fully saturated rings. The van der Waals surface area contributed by atoms with Gasteiger partial charge in [-0.25, -0.2) is 8.78 Å². The van der Waals surface area contributed by atoms with Crippen LogP contribution in [0, 0.1) is 17.6 Å². The molecule has 1 saturated heterocycles. The van der Waals surface area contributed by atoms with Crippen molar-refractivity contribution in [1.82, 2.24) is 4.90 Å². The molecule has 3 rings (SSSR count).